The number of carbonyl (C=O) groups excluding carboxylic acids is 2. The molecule has 0 heterocycles. The maximum Gasteiger partial charge on any atom is 0.340 e. The monoisotopic (exact) mass is 350 g/mol. The Balaban J connectivity index is 1.75. The van der Waals surface area contributed by atoms with Gasteiger partial charge in [0.15, 0.2) is 6.61 Å². The highest BCUT2D eigenvalue weighted by molar-refractivity contribution is 6.31. The number of esters is 1. The summed E-state index contributed by atoms with van der Waals surface area (Å²) < 4.78 is 17.7. The van der Waals surface area contributed by atoms with Crippen molar-refractivity contribution in [3.8, 4) is 0 Å². The molecular weight excluding hydrogens is 335 g/mol. The van der Waals surface area contributed by atoms with E-state index in [4.69, 9.17) is 22.1 Å². The molecule has 126 valence electrons. The Morgan fingerprint density at radius 3 is 2.58 bits per heavy atom. The fraction of sp³-hybridized carbons (Fsp3) is 0.176. The number of rotatable bonds is 6. The normalized spacial score (nSPS) is 10.2. The Bertz CT molecular complexity index is 735. The molecular formula is C17H16ClFN2O3. The first-order valence-electron chi connectivity index (χ1n) is 7.19. The predicted molar refractivity (Wildman–Crippen MR) is 89.3 cm³/mol. The van der Waals surface area contributed by atoms with Gasteiger partial charge in [-0.3, -0.25) is 4.79 Å². The highest BCUT2D eigenvalue weighted by Crippen LogP contribution is 2.18. The molecule has 0 aliphatic heterocycles. The molecule has 0 saturated carbocycles. The molecule has 1 amide bonds. The van der Waals surface area contributed by atoms with Gasteiger partial charge in [0.1, 0.15) is 5.82 Å². The Labute approximate surface area is 143 Å². The van der Waals surface area contributed by atoms with Crippen molar-refractivity contribution in [3.05, 3.63) is 64.4 Å². The van der Waals surface area contributed by atoms with Gasteiger partial charge in [0.2, 0.25) is 0 Å². The molecule has 2 rings (SSSR count). The van der Waals surface area contributed by atoms with Crippen molar-refractivity contribution in [3.63, 3.8) is 0 Å². The molecule has 0 fully saturated rings. The highest BCUT2D eigenvalue weighted by atomic mass is 35.5. The topological polar surface area (TPSA) is 81.4 Å². The fourth-order valence-electron chi connectivity index (χ4n) is 1.96. The van der Waals surface area contributed by atoms with Crippen molar-refractivity contribution in [1.29, 1.82) is 0 Å². The summed E-state index contributed by atoms with van der Waals surface area (Å²) in [5, 5.41) is 2.96. The number of ether oxygens (including phenoxy) is 1. The summed E-state index contributed by atoms with van der Waals surface area (Å²) in [6.07, 6.45) is 0.543. The molecule has 2 aromatic rings. The van der Waals surface area contributed by atoms with Crippen LogP contribution in [-0.2, 0) is 16.0 Å². The molecule has 0 atom stereocenters. The summed E-state index contributed by atoms with van der Waals surface area (Å²) >= 11 is 5.79. The lowest BCUT2D eigenvalue weighted by Crippen LogP contribution is -2.30. The van der Waals surface area contributed by atoms with E-state index >= 15 is 0 Å². The van der Waals surface area contributed by atoms with Gasteiger partial charge in [0.05, 0.1) is 5.56 Å². The van der Waals surface area contributed by atoms with Gasteiger partial charge in [-0.05, 0) is 42.3 Å². The smallest absolute Gasteiger partial charge is 0.340 e. The van der Waals surface area contributed by atoms with Crippen molar-refractivity contribution >= 4 is 29.2 Å². The van der Waals surface area contributed by atoms with E-state index in [0.29, 0.717) is 18.0 Å². The standard InChI is InChI=1S/C17H16ClFN2O3/c18-12-3-6-15(20)14(9-12)17(23)24-10-16(22)21-8-7-11-1-4-13(19)5-2-11/h1-6,9H,7-8,10,20H2,(H,21,22). The van der Waals surface area contributed by atoms with Crippen molar-refractivity contribution in [2.45, 2.75) is 6.42 Å². The molecule has 0 aliphatic rings. The minimum atomic E-state index is -0.719. The molecule has 0 unspecified atom stereocenters. The van der Waals surface area contributed by atoms with Crippen LogP contribution in [0, 0.1) is 5.82 Å². The number of benzene rings is 2. The zero-order chi connectivity index (χ0) is 17.5. The van der Waals surface area contributed by atoms with Crippen molar-refractivity contribution in [1.82, 2.24) is 5.32 Å². The Morgan fingerprint density at radius 1 is 1.17 bits per heavy atom. The van der Waals surface area contributed by atoms with Crippen LogP contribution in [0.15, 0.2) is 42.5 Å². The molecule has 7 heteroatoms. The minimum Gasteiger partial charge on any atom is -0.452 e. The highest BCUT2D eigenvalue weighted by Gasteiger charge is 2.13. The van der Waals surface area contributed by atoms with E-state index in [1.54, 1.807) is 18.2 Å². The van der Waals surface area contributed by atoms with Gasteiger partial charge in [-0.2, -0.15) is 0 Å². The average Bonchev–Trinajstić information content (AvgIpc) is 2.56. The number of hydrogen-bond donors (Lipinski definition) is 2. The first-order valence-corrected chi connectivity index (χ1v) is 7.57. The van der Waals surface area contributed by atoms with Crippen LogP contribution in [0.2, 0.25) is 5.02 Å². The lowest BCUT2D eigenvalue weighted by Gasteiger charge is -2.08. The summed E-state index contributed by atoms with van der Waals surface area (Å²) in [7, 11) is 0. The van der Waals surface area contributed by atoms with Crippen LogP contribution in [0.4, 0.5) is 10.1 Å². The molecule has 0 bridgehead atoms. The third-order valence-electron chi connectivity index (χ3n) is 3.22. The van der Waals surface area contributed by atoms with Gasteiger partial charge in [0, 0.05) is 17.3 Å². The maximum absolute atomic E-state index is 12.8. The quantitative estimate of drug-likeness (QED) is 0.619. The van der Waals surface area contributed by atoms with Gasteiger partial charge in [-0.1, -0.05) is 23.7 Å². The van der Waals surface area contributed by atoms with Crippen LogP contribution >= 0.6 is 11.6 Å². The van der Waals surface area contributed by atoms with E-state index in [1.165, 1.54) is 24.3 Å². The van der Waals surface area contributed by atoms with Gasteiger partial charge in [-0.15, -0.1) is 0 Å². The largest absolute Gasteiger partial charge is 0.452 e. The van der Waals surface area contributed by atoms with Crippen LogP contribution in [0.5, 0.6) is 0 Å². The number of nitrogen functional groups attached to an aromatic ring is 1. The molecule has 0 saturated heterocycles. The fourth-order valence-corrected chi connectivity index (χ4v) is 2.13. The lowest BCUT2D eigenvalue weighted by molar-refractivity contribution is -0.124. The SMILES string of the molecule is Nc1ccc(Cl)cc1C(=O)OCC(=O)NCCc1ccc(F)cc1. The van der Waals surface area contributed by atoms with Gasteiger partial charge in [-0.25, -0.2) is 9.18 Å². The van der Waals surface area contributed by atoms with E-state index in [-0.39, 0.29) is 17.1 Å². The second-order valence-corrected chi connectivity index (χ2v) is 5.47. The zero-order valence-electron chi connectivity index (χ0n) is 12.7. The van der Waals surface area contributed by atoms with Crippen molar-refractivity contribution in [2.75, 3.05) is 18.9 Å². The molecule has 5 nitrogen and oxygen atoms in total. The number of halogens is 2. The first-order chi connectivity index (χ1) is 11.5. The summed E-state index contributed by atoms with van der Waals surface area (Å²) in [6.45, 7) is -0.0739. The van der Waals surface area contributed by atoms with Gasteiger partial charge in [0.25, 0.3) is 5.91 Å². The van der Waals surface area contributed by atoms with Gasteiger partial charge >= 0.3 is 5.97 Å². The molecule has 3 N–H and O–H groups in total. The van der Waals surface area contributed by atoms with Crippen LogP contribution in [0.1, 0.15) is 15.9 Å². The van der Waals surface area contributed by atoms with E-state index in [1.807, 2.05) is 0 Å². The van der Waals surface area contributed by atoms with Crippen LogP contribution in [0.25, 0.3) is 0 Å². The molecule has 0 aliphatic carbocycles. The molecule has 2 aromatic carbocycles. The second kappa shape index (κ2) is 8.31. The van der Waals surface area contributed by atoms with Crippen molar-refractivity contribution in [2.24, 2.45) is 0 Å². The number of anilines is 1. The van der Waals surface area contributed by atoms with E-state index < -0.39 is 18.5 Å². The number of hydrogen-bond acceptors (Lipinski definition) is 4. The number of nitrogens with two attached hydrogens (primary N) is 1. The van der Waals surface area contributed by atoms with E-state index in [2.05, 4.69) is 5.32 Å². The van der Waals surface area contributed by atoms with Gasteiger partial charge < -0.3 is 15.8 Å². The number of nitrogens with one attached hydrogen (secondary N) is 1. The van der Waals surface area contributed by atoms with Crippen molar-refractivity contribution < 1.29 is 18.7 Å². The predicted octanol–water partition coefficient (Wildman–Crippen LogP) is 2.58. The summed E-state index contributed by atoms with van der Waals surface area (Å²) in [4.78, 5) is 23.5. The summed E-state index contributed by atoms with van der Waals surface area (Å²) in [6, 6.07) is 10.4. The van der Waals surface area contributed by atoms with E-state index in [9.17, 15) is 14.0 Å². The maximum atomic E-state index is 12.8. The zero-order valence-corrected chi connectivity index (χ0v) is 13.5. The molecule has 24 heavy (non-hydrogen) atoms. The number of amides is 1. The van der Waals surface area contributed by atoms with E-state index in [0.717, 1.165) is 5.56 Å². The number of carbonyl (C=O) groups is 2. The van der Waals surface area contributed by atoms with Crippen LogP contribution < -0.4 is 11.1 Å². The van der Waals surface area contributed by atoms with Crippen LogP contribution in [0.3, 0.4) is 0 Å². The minimum absolute atomic E-state index is 0.113. The second-order valence-electron chi connectivity index (χ2n) is 5.03. The summed E-state index contributed by atoms with van der Waals surface area (Å²) in [5.74, 6) is -1.47. The average molecular weight is 351 g/mol. The third kappa shape index (κ3) is 5.24. The Kier molecular flexibility index (Phi) is 6.14. The lowest BCUT2D eigenvalue weighted by atomic mass is 10.1. The van der Waals surface area contributed by atoms with Crippen LogP contribution in [-0.4, -0.2) is 25.0 Å². The molecule has 0 radical (unpaired) electrons. The first kappa shape index (κ1) is 17.7. The Morgan fingerprint density at radius 2 is 1.88 bits per heavy atom. The third-order valence-corrected chi connectivity index (χ3v) is 3.45. The molecule has 0 aromatic heterocycles. The Hall–Kier alpha value is -2.60. The summed E-state index contributed by atoms with van der Waals surface area (Å²) in [5.41, 5.74) is 6.89. The molecule has 0 spiro atoms.